The van der Waals surface area contributed by atoms with Gasteiger partial charge in [-0.25, -0.2) is 0 Å². The fourth-order valence-electron chi connectivity index (χ4n) is 5.09. The maximum absolute atomic E-state index is 12.9. The van der Waals surface area contributed by atoms with Gasteiger partial charge in [-0.2, -0.15) is 0 Å². The number of unbranched alkanes of at least 4 members (excludes halogenated alkanes) is 1. The summed E-state index contributed by atoms with van der Waals surface area (Å²) in [5.74, 6) is 2.64. The third-order valence-electron chi connectivity index (χ3n) is 7.49. The van der Waals surface area contributed by atoms with Crippen LogP contribution in [0.15, 0.2) is 78.9 Å². The standard InChI is InChI=1S/C33H41NO5S2/c1-24(35)31(34-32(36)12-8-7-11-30-21-22-40-41-30)23-39-33(25-9-5-4-6-10-25,26-13-17-28(37-2)18-14-26)27-15-19-29(38-3)20-16-27/h4-6,9-10,13-20,24,30-31,35H,7-8,11-12,21-23H2,1-3H3,(H,34,36)/t24-,30?,31-/m1/s1. The number of methoxy groups -OCH3 is 2. The summed E-state index contributed by atoms with van der Waals surface area (Å²) in [7, 11) is 7.20. The number of ether oxygens (including phenoxy) is 3. The highest BCUT2D eigenvalue weighted by Crippen LogP contribution is 2.42. The minimum Gasteiger partial charge on any atom is -0.497 e. The molecule has 6 nitrogen and oxygen atoms in total. The molecule has 2 N–H and O–H groups in total. The first kappa shape index (κ1) is 31.3. The maximum atomic E-state index is 12.9. The molecule has 1 saturated heterocycles. The van der Waals surface area contributed by atoms with E-state index in [1.165, 1.54) is 12.2 Å². The summed E-state index contributed by atoms with van der Waals surface area (Å²) >= 11 is 0. The lowest BCUT2D eigenvalue weighted by molar-refractivity contribution is -0.124. The van der Waals surface area contributed by atoms with E-state index in [2.05, 4.69) is 5.32 Å². The summed E-state index contributed by atoms with van der Waals surface area (Å²) in [6.07, 6.45) is 3.92. The molecule has 0 aliphatic carbocycles. The van der Waals surface area contributed by atoms with Crippen LogP contribution in [0.1, 0.15) is 55.7 Å². The first-order valence-electron chi connectivity index (χ1n) is 14.2. The van der Waals surface area contributed by atoms with Crippen LogP contribution in [-0.4, -0.2) is 55.0 Å². The van der Waals surface area contributed by atoms with Crippen LogP contribution >= 0.6 is 21.6 Å². The molecule has 1 fully saturated rings. The Morgan fingerprint density at radius 2 is 1.51 bits per heavy atom. The lowest BCUT2D eigenvalue weighted by atomic mass is 9.80. The molecule has 0 radical (unpaired) electrons. The predicted octanol–water partition coefficient (Wildman–Crippen LogP) is 6.59. The smallest absolute Gasteiger partial charge is 0.220 e. The van der Waals surface area contributed by atoms with E-state index in [1.54, 1.807) is 21.1 Å². The van der Waals surface area contributed by atoms with Crippen LogP contribution in [0.5, 0.6) is 11.5 Å². The molecule has 220 valence electrons. The van der Waals surface area contributed by atoms with Crippen molar-refractivity contribution in [2.75, 3.05) is 26.6 Å². The van der Waals surface area contributed by atoms with Crippen molar-refractivity contribution in [2.45, 2.75) is 62.0 Å². The van der Waals surface area contributed by atoms with Crippen molar-refractivity contribution >= 4 is 27.5 Å². The summed E-state index contributed by atoms with van der Waals surface area (Å²) in [5, 5.41) is 14.4. The Hall–Kier alpha value is -2.65. The predicted molar refractivity (Wildman–Crippen MR) is 169 cm³/mol. The molecule has 0 aromatic heterocycles. The third-order valence-corrected chi connectivity index (χ3v) is 10.5. The van der Waals surface area contributed by atoms with Crippen molar-refractivity contribution in [1.29, 1.82) is 0 Å². The van der Waals surface area contributed by atoms with Crippen LogP contribution in [0.25, 0.3) is 0 Å². The Balaban J connectivity index is 1.58. The monoisotopic (exact) mass is 595 g/mol. The Labute approximate surface area is 252 Å². The molecule has 1 aliphatic rings. The van der Waals surface area contributed by atoms with Gasteiger partial charge in [-0.3, -0.25) is 4.79 Å². The molecule has 3 atom stereocenters. The second kappa shape index (κ2) is 15.5. The molecule has 3 aromatic rings. The number of hydrogen-bond acceptors (Lipinski definition) is 7. The highest BCUT2D eigenvalue weighted by atomic mass is 33.1. The van der Waals surface area contributed by atoms with E-state index in [0.717, 1.165) is 47.5 Å². The number of carbonyl (C=O) groups is 1. The summed E-state index contributed by atoms with van der Waals surface area (Å²) < 4.78 is 17.7. The summed E-state index contributed by atoms with van der Waals surface area (Å²) in [4.78, 5) is 12.9. The minimum absolute atomic E-state index is 0.0628. The van der Waals surface area contributed by atoms with Gasteiger partial charge in [0.15, 0.2) is 0 Å². The SMILES string of the molecule is COc1ccc(C(OC[C@@H](NC(=O)CCCCC2CCSS2)[C@@H](C)O)(c2ccccc2)c2ccc(OC)cc2)cc1. The Morgan fingerprint density at radius 3 is 2.02 bits per heavy atom. The number of nitrogens with one attached hydrogen (secondary N) is 1. The third kappa shape index (κ3) is 8.22. The van der Waals surface area contributed by atoms with Gasteiger partial charge >= 0.3 is 0 Å². The molecule has 8 heteroatoms. The van der Waals surface area contributed by atoms with Crippen molar-refractivity contribution in [1.82, 2.24) is 5.32 Å². The van der Waals surface area contributed by atoms with Crippen LogP contribution in [0, 0.1) is 0 Å². The highest BCUT2D eigenvalue weighted by molar-refractivity contribution is 8.77. The van der Waals surface area contributed by atoms with Gasteiger partial charge in [-0.05, 0) is 67.1 Å². The van der Waals surface area contributed by atoms with E-state index < -0.39 is 17.7 Å². The van der Waals surface area contributed by atoms with Crippen LogP contribution in [0.2, 0.25) is 0 Å². The molecular weight excluding hydrogens is 554 g/mol. The van der Waals surface area contributed by atoms with Gasteiger partial charge in [0.1, 0.15) is 17.1 Å². The molecule has 1 unspecified atom stereocenters. The van der Waals surface area contributed by atoms with Crippen molar-refractivity contribution in [2.24, 2.45) is 0 Å². The fourth-order valence-corrected chi connectivity index (χ4v) is 8.12. The molecule has 1 aliphatic heterocycles. The lowest BCUT2D eigenvalue weighted by Gasteiger charge is -2.37. The first-order chi connectivity index (χ1) is 20.0. The van der Waals surface area contributed by atoms with Crippen LogP contribution < -0.4 is 14.8 Å². The van der Waals surface area contributed by atoms with Gasteiger partial charge in [0, 0.05) is 17.4 Å². The minimum atomic E-state index is -1.02. The first-order valence-corrected chi connectivity index (χ1v) is 16.6. The Bertz CT molecular complexity index is 1150. The quantitative estimate of drug-likeness (QED) is 0.117. The number of aliphatic hydroxyl groups is 1. The number of rotatable bonds is 15. The maximum Gasteiger partial charge on any atom is 0.220 e. The molecule has 1 heterocycles. The summed E-state index contributed by atoms with van der Waals surface area (Å²) in [6.45, 7) is 1.79. The van der Waals surface area contributed by atoms with Crippen molar-refractivity contribution in [3.63, 3.8) is 0 Å². The molecule has 4 rings (SSSR count). The zero-order chi connectivity index (χ0) is 29.1. The van der Waals surface area contributed by atoms with Crippen LogP contribution in [0.3, 0.4) is 0 Å². The summed E-state index contributed by atoms with van der Waals surface area (Å²) in [6, 6.07) is 25.1. The molecule has 41 heavy (non-hydrogen) atoms. The van der Waals surface area contributed by atoms with Crippen molar-refractivity contribution in [3.8, 4) is 11.5 Å². The molecule has 1 amide bonds. The average molecular weight is 596 g/mol. The van der Waals surface area contributed by atoms with Crippen LogP contribution in [-0.2, 0) is 15.1 Å². The van der Waals surface area contributed by atoms with E-state index in [4.69, 9.17) is 14.2 Å². The van der Waals surface area contributed by atoms with Gasteiger partial charge in [0.2, 0.25) is 5.91 Å². The zero-order valence-corrected chi connectivity index (χ0v) is 25.7. The Morgan fingerprint density at radius 1 is 0.927 bits per heavy atom. The second-order valence-corrected chi connectivity index (χ2v) is 13.1. The van der Waals surface area contributed by atoms with E-state index >= 15 is 0 Å². The Kier molecular flexibility index (Phi) is 11.9. The molecule has 0 bridgehead atoms. The number of hydrogen-bond donors (Lipinski definition) is 2. The van der Waals surface area contributed by atoms with E-state index in [9.17, 15) is 9.90 Å². The molecule has 3 aromatic carbocycles. The van der Waals surface area contributed by atoms with Gasteiger partial charge in [0.25, 0.3) is 0 Å². The van der Waals surface area contributed by atoms with Crippen molar-refractivity contribution in [3.05, 3.63) is 95.6 Å². The van der Waals surface area contributed by atoms with Gasteiger partial charge in [-0.1, -0.05) is 82.6 Å². The van der Waals surface area contributed by atoms with Gasteiger partial charge < -0.3 is 24.6 Å². The lowest BCUT2D eigenvalue weighted by Crippen LogP contribution is -2.47. The van der Waals surface area contributed by atoms with Crippen molar-refractivity contribution < 1.29 is 24.1 Å². The number of amides is 1. The topological polar surface area (TPSA) is 77.0 Å². The second-order valence-electron chi connectivity index (χ2n) is 10.3. The molecule has 0 spiro atoms. The summed E-state index contributed by atoms with van der Waals surface area (Å²) in [5.41, 5.74) is 1.70. The van der Waals surface area contributed by atoms with Gasteiger partial charge in [0.05, 0.1) is 33.0 Å². The van der Waals surface area contributed by atoms with E-state index in [1.807, 2.05) is 100 Å². The highest BCUT2D eigenvalue weighted by Gasteiger charge is 2.39. The number of carbonyl (C=O) groups excluding carboxylic acids is 1. The zero-order valence-electron chi connectivity index (χ0n) is 24.1. The van der Waals surface area contributed by atoms with E-state index in [-0.39, 0.29) is 12.5 Å². The van der Waals surface area contributed by atoms with E-state index in [0.29, 0.717) is 11.7 Å². The molecule has 0 saturated carbocycles. The average Bonchev–Trinajstić information content (AvgIpc) is 3.54. The molecular formula is C33H41NO5S2. The number of aliphatic hydroxyl groups excluding tert-OH is 1. The normalized spacial score (nSPS) is 16.6. The fraction of sp³-hybridized carbons (Fsp3) is 0.424. The number of benzene rings is 3. The van der Waals surface area contributed by atoms with Crippen LogP contribution in [0.4, 0.5) is 0 Å². The largest absolute Gasteiger partial charge is 0.497 e. The van der Waals surface area contributed by atoms with Gasteiger partial charge in [-0.15, -0.1) is 0 Å².